The average molecular weight is 328 g/mol. The predicted molar refractivity (Wildman–Crippen MR) is 89.2 cm³/mol. The predicted octanol–water partition coefficient (Wildman–Crippen LogP) is 0.131. The number of hydrogen-bond acceptors (Lipinski definition) is 4. The molecule has 0 atom stereocenters. The van der Waals surface area contributed by atoms with Crippen LogP contribution < -0.4 is 15.8 Å². The van der Waals surface area contributed by atoms with E-state index in [9.17, 15) is 9.59 Å². The lowest BCUT2D eigenvalue weighted by Crippen LogP contribution is -2.49. The number of amides is 2. The van der Waals surface area contributed by atoms with Gasteiger partial charge in [0.2, 0.25) is 0 Å². The molecule has 0 aromatic carbocycles. The molecule has 2 aromatic rings. The van der Waals surface area contributed by atoms with E-state index in [1.807, 2.05) is 23.1 Å². The van der Waals surface area contributed by atoms with Crippen LogP contribution in [0.4, 0.5) is 10.5 Å². The molecule has 2 amide bonds. The van der Waals surface area contributed by atoms with Gasteiger partial charge in [-0.3, -0.25) is 19.3 Å². The highest BCUT2D eigenvalue weighted by atomic mass is 16.2. The van der Waals surface area contributed by atoms with Crippen LogP contribution in [0.5, 0.6) is 0 Å². The van der Waals surface area contributed by atoms with Gasteiger partial charge in [-0.2, -0.15) is 5.10 Å². The van der Waals surface area contributed by atoms with E-state index in [0.29, 0.717) is 25.7 Å². The van der Waals surface area contributed by atoms with E-state index in [2.05, 4.69) is 15.3 Å². The Morgan fingerprint density at radius 3 is 2.83 bits per heavy atom. The fourth-order valence-corrected chi connectivity index (χ4v) is 3.17. The highest BCUT2D eigenvalue weighted by Gasteiger charge is 2.30. The third-order valence-electron chi connectivity index (χ3n) is 4.62. The summed E-state index contributed by atoms with van der Waals surface area (Å²) in [7, 11) is 0. The van der Waals surface area contributed by atoms with E-state index in [-0.39, 0.29) is 11.6 Å². The first-order chi connectivity index (χ1) is 11.7. The summed E-state index contributed by atoms with van der Waals surface area (Å²) in [5.41, 5.74) is 0.884. The minimum absolute atomic E-state index is 0.0372. The minimum Gasteiger partial charge on any atom is -0.336 e. The van der Waals surface area contributed by atoms with Crippen LogP contribution in [0.15, 0.2) is 41.6 Å². The number of hydrogen-bond donors (Lipinski definition) is 1. The first kappa shape index (κ1) is 14.9. The van der Waals surface area contributed by atoms with Crippen LogP contribution in [0.2, 0.25) is 0 Å². The van der Waals surface area contributed by atoms with Crippen LogP contribution >= 0.6 is 0 Å². The Balaban J connectivity index is 1.30. The molecule has 2 aromatic heterocycles. The Hall–Kier alpha value is -2.61. The number of carbonyl (C=O) groups is 1. The van der Waals surface area contributed by atoms with E-state index >= 15 is 0 Å². The molecule has 126 valence electrons. The van der Waals surface area contributed by atoms with Crippen LogP contribution in [0.3, 0.4) is 0 Å². The first-order valence-corrected chi connectivity index (χ1v) is 8.18. The Morgan fingerprint density at radius 1 is 1.21 bits per heavy atom. The number of carbonyl (C=O) groups excluding carboxylic acids is 1. The van der Waals surface area contributed by atoms with Crippen molar-refractivity contribution in [3.8, 4) is 0 Å². The van der Waals surface area contributed by atoms with Gasteiger partial charge < -0.3 is 9.88 Å². The lowest BCUT2D eigenvalue weighted by Gasteiger charge is -2.39. The van der Waals surface area contributed by atoms with Crippen molar-refractivity contribution in [2.24, 2.45) is 0 Å². The van der Waals surface area contributed by atoms with E-state index in [0.717, 1.165) is 25.3 Å². The van der Waals surface area contributed by atoms with E-state index in [1.54, 1.807) is 27.8 Å². The topological polar surface area (TPSA) is 75.4 Å². The number of likely N-dealkylation sites (tertiary alicyclic amines) is 1. The van der Waals surface area contributed by atoms with Gasteiger partial charge in [0.1, 0.15) is 0 Å². The smallest absolute Gasteiger partial charge is 0.322 e. The second-order valence-electron chi connectivity index (χ2n) is 6.21. The number of nitrogens with zero attached hydrogens (tertiary/aromatic N) is 5. The van der Waals surface area contributed by atoms with Crippen LogP contribution in [0.1, 0.15) is 6.04 Å². The van der Waals surface area contributed by atoms with Gasteiger partial charge >= 0.3 is 6.03 Å². The monoisotopic (exact) mass is 328 g/mol. The molecule has 1 N–H and O–H groups in total. The molecule has 0 radical (unpaired) electrons. The zero-order chi connectivity index (χ0) is 16.5. The van der Waals surface area contributed by atoms with Crippen LogP contribution in [-0.4, -0.2) is 58.0 Å². The lowest BCUT2D eigenvalue weighted by atomic mass is 10.1. The van der Waals surface area contributed by atoms with Crippen molar-refractivity contribution < 1.29 is 4.79 Å². The third-order valence-corrected chi connectivity index (χ3v) is 4.62. The number of urea groups is 1. The van der Waals surface area contributed by atoms with Crippen molar-refractivity contribution in [2.45, 2.75) is 12.6 Å². The van der Waals surface area contributed by atoms with Gasteiger partial charge in [0, 0.05) is 57.7 Å². The zero-order valence-corrected chi connectivity index (χ0v) is 13.3. The molecule has 0 aliphatic carbocycles. The summed E-state index contributed by atoms with van der Waals surface area (Å²) in [5.74, 6) is 0. The van der Waals surface area contributed by atoms with Crippen molar-refractivity contribution in [1.82, 2.24) is 24.6 Å². The van der Waals surface area contributed by atoms with Crippen molar-refractivity contribution in [3.05, 3.63) is 47.1 Å². The maximum atomic E-state index is 11.7. The molecular weight excluding hydrogens is 308 g/mol. The van der Waals surface area contributed by atoms with Gasteiger partial charge in [0.05, 0.1) is 17.9 Å². The molecule has 0 unspecified atom stereocenters. The average Bonchev–Trinajstić information content (AvgIpc) is 3.16. The Morgan fingerprint density at radius 2 is 2.08 bits per heavy atom. The number of rotatable bonds is 5. The van der Waals surface area contributed by atoms with Gasteiger partial charge in [-0.15, -0.1) is 0 Å². The molecular formula is C16H20N6O2. The number of nitrogens with one attached hydrogen (secondary N) is 1. The SMILES string of the molecule is O=C1NCCN1c1cnn(C2CN(CCn3ccccc3=O)C2)c1. The Bertz CT molecular complexity index is 792. The molecule has 0 saturated carbocycles. The molecule has 4 rings (SSSR count). The van der Waals surface area contributed by atoms with Crippen molar-refractivity contribution in [1.29, 1.82) is 0 Å². The minimum atomic E-state index is -0.0573. The highest BCUT2D eigenvalue weighted by Crippen LogP contribution is 2.23. The lowest BCUT2D eigenvalue weighted by molar-refractivity contribution is 0.0943. The molecule has 2 aliphatic heterocycles. The largest absolute Gasteiger partial charge is 0.336 e. The fourth-order valence-electron chi connectivity index (χ4n) is 3.17. The molecule has 2 fully saturated rings. The summed E-state index contributed by atoms with van der Waals surface area (Å²) in [6.07, 6.45) is 5.51. The molecule has 24 heavy (non-hydrogen) atoms. The van der Waals surface area contributed by atoms with Crippen LogP contribution in [0, 0.1) is 0 Å². The number of aromatic nitrogens is 3. The van der Waals surface area contributed by atoms with Crippen LogP contribution in [0.25, 0.3) is 0 Å². The summed E-state index contributed by atoms with van der Waals surface area (Å²) in [6.45, 7) is 4.74. The molecule has 8 heteroatoms. The second kappa shape index (κ2) is 6.12. The number of anilines is 1. The molecule has 0 spiro atoms. The van der Waals surface area contributed by atoms with Crippen molar-refractivity contribution >= 4 is 11.7 Å². The maximum Gasteiger partial charge on any atom is 0.322 e. The van der Waals surface area contributed by atoms with Gasteiger partial charge in [0.25, 0.3) is 5.56 Å². The maximum absolute atomic E-state index is 11.7. The standard InChI is InChI=1S/C16H20N6O2/c23-15-3-1-2-5-20(15)8-7-19-10-14(11-19)22-12-13(9-18-22)21-6-4-17-16(21)24/h1-3,5,9,12,14H,4,6-8,10-11H2,(H,17,24). The molecule has 4 heterocycles. The summed E-state index contributed by atoms with van der Waals surface area (Å²) >= 11 is 0. The molecule has 0 bridgehead atoms. The quantitative estimate of drug-likeness (QED) is 0.847. The van der Waals surface area contributed by atoms with E-state index < -0.39 is 0 Å². The third kappa shape index (κ3) is 2.80. The molecule has 2 saturated heterocycles. The summed E-state index contributed by atoms with van der Waals surface area (Å²) in [6, 6.07) is 5.49. The normalized spacial score (nSPS) is 18.7. The van der Waals surface area contributed by atoms with E-state index in [4.69, 9.17) is 0 Å². The zero-order valence-electron chi connectivity index (χ0n) is 13.3. The highest BCUT2D eigenvalue weighted by molar-refractivity contribution is 5.93. The van der Waals surface area contributed by atoms with Gasteiger partial charge in [-0.25, -0.2) is 4.79 Å². The Labute approximate surface area is 139 Å². The van der Waals surface area contributed by atoms with Gasteiger partial charge in [-0.1, -0.05) is 6.07 Å². The van der Waals surface area contributed by atoms with Crippen LogP contribution in [-0.2, 0) is 6.54 Å². The van der Waals surface area contributed by atoms with E-state index in [1.165, 1.54) is 0 Å². The molecule has 8 nitrogen and oxygen atoms in total. The van der Waals surface area contributed by atoms with Gasteiger partial charge in [0.15, 0.2) is 0 Å². The second-order valence-corrected chi connectivity index (χ2v) is 6.21. The summed E-state index contributed by atoms with van der Waals surface area (Å²) in [5, 5.41) is 7.19. The number of pyridine rings is 1. The molecule has 2 aliphatic rings. The fraction of sp³-hybridized carbons (Fsp3) is 0.438. The van der Waals surface area contributed by atoms with Crippen molar-refractivity contribution in [3.63, 3.8) is 0 Å². The Kier molecular flexibility index (Phi) is 3.81. The summed E-state index contributed by atoms with van der Waals surface area (Å²) in [4.78, 5) is 27.4. The summed E-state index contributed by atoms with van der Waals surface area (Å²) < 4.78 is 3.66. The first-order valence-electron chi connectivity index (χ1n) is 8.18. The van der Waals surface area contributed by atoms with Crippen molar-refractivity contribution in [2.75, 3.05) is 37.6 Å². The van der Waals surface area contributed by atoms with Gasteiger partial charge in [-0.05, 0) is 6.07 Å².